The first-order chi connectivity index (χ1) is 14.5. The average Bonchev–Trinajstić information content (AvgIpc) is 2.79. The first-order valence-corrected chi connectivity index (χ1v) is 9.98. The second kappa shape index (κ2) is 10.3. The van der Waals surface area contributed by atoms with Crippen LogP contribution in [-0.2, 0) is 17.8 Å². The summed E-state index contributed by atoms with van der Waals surface area (Å²) < 4.78 is 5.72. The molecule has 0 unspecified atom stereocenters. The van der Waals surface area contributed by atoms with Crippen LogP contribution in [0.4, 0.5) is 0 Å². The van der Waals surface area contributed by atoms with Crippen LogP contribution in [0, 0.1) is 0 Å². The van der Waals surface area contributed by atoms with E-state index in [1.807, 2.05) is 42.5 Å². The summed E-state index contributed by atoms with van der Waals surface area (Å²) in [6.07, 6.45) is 0.987. The molecule has 0 fully saturated rings. The summed E-state index contributed by atoms with van der Waals surface area (Å²) in [5, 5.41) is 2.68. The molecule has 0 atom stereocenters. The van der Waals surface area contributed by atoms with E-state index in [4.69, 9.17) is 4.74 Å². The maximum atomic E-state index is 12.4. The highest BCUT2D eigenvalue weighted by Crippen LogP contribution is 2.21. The van der Waals surface area contributed by atoms with Crippen LogP contribution in [0.2, 0.25) is 0 Å². The van der Waals surface area contributed by atoms with Crippen LogP contribution >= 0.6 is 0 Å². The van der Waals surface area contributed by atoms with E-state index in [1.54, 1.807) is 36.2 Å². The number of rotatable bonds is 8. The molecule has 0 aliphatic rings. The Morgan fingerprint density at radius 3 is 2.07 bits per heavy atom. The standard InChI is InChI=1S/C25H26N2O3/c1-3-19-9-11-20(12-10-19)18-27(2)24(28)17-26-25(29)21-13-15-23(16-14-21)30-22-7-5-4-6-8-22/h4-16H,3,17-18H2,1-2H3,(H,26,29). The quantitative estimate of drug-likeness (QED) is 0.606. The Morgan fingerprint density at radius 1 is 0.833 bits per heavy atom. The van der Waals surface area contributed by atoms with Gasteiger partial charge in [-0.15, -0.1) is 0 Å². The normalized spacial score (nSPS) is 10.3. The monoisotopic (exact) mass is 402 g/mol. The van der Waals surface area contributed by atoms with E-state index in [1.165, 1.54) is 5.56 Å². The van der Waals surface area contributed by atoms with Gasteiger partial charge in [-0.05, 0) is 53.9 Å². The van der Waals surface area contributed by atoms with E-state index in [9.17, 15) is 9.59 Å². The minimum atomic E-state index is -0.296. The third-order valence-corrected chi connectivity index (χ3v) is 4.77. The number of carbonyl (C=O) groups excluding carboxylic acids is 2. The number of para-hydroxylation sites is 1. The highest BCUT2D eigenvalue weighted by atomic mass is 16.5. The lowest BCUT2D eigenvalue weighted by Crippen LogP contribution is -2.37. The number of likely N-dealkylation sites (N-methyl/N-ethyl adjacent to an activating group) is 1. The SMILES string of the molecule is CCc1ccc(CN(C)C(=O)CNC(=O)c2ccc(Oc3ccccc3)cc2)cc1. The van der Waals surface area contributed by atoms with Crippen molar-refractivity contribution in [2.24, 2.45) is 0 Å². The number of hydrogen-bond donors (Lipinski definition) is 1. The molecule has 2 amide bonds. The van der Waals surface area contributed by atoms with E-state index >= 15 is 0 Å². The molecule has 0 aromatic heterocycles. The number of amides is 2. The molecule has 0 bridgehead atoms. The minimum absolute atomic E-state index is 0.0509. The fourth-order valence-electron chi connectivity index (χ4n) is 2.93. The van der Waals surface area contributed by atoms with Gasteiger partial charge < -0.3 is 15.0 Å². The summed E-state index contributed by atoms with van der Waals surface area (Å²) in [7, 11) is 1.73. The molecule has 0 spiro atoms. The number of nitrogens with one attached hydrogen (secondary N) is 1. The van der Waals surface area contributed by atoms with Gasteiger partial charge in [0.1, 0.15) is 11.5 Å². The van der Waals surface area contributed by atoms with Gasteiger partial charge in [0.15, 0.2) is 0 Å². The van der Waals surface area contributed by atoms with Gasteiger partial charge in [-0.3, -0.25) is 9.59 Å². The summed E-state index contributed by atoms with van der Waals surface area (Å²) in [4.78, 5) is 26.3. The first-order valence-electron chi connectivity index (χ1n) is 9.98. The van der Waals surface area contributed by atoms with Crippen LogP contribution in [0.3, 0.4) is 0 Å². The summed E-state index contributed by atoms with van der Waals surface area (Å²) in [5.74, 6) is 0.928. The van der Waals surface area contributed by atoms with E-state index in [0.29, 0.717) is 17.9 Å². The van der Waals surface area contributed by atoms with Gasteiger partial charge in [0.2, 0.25) is 5.91 Å². The van der Waals surface area contributed by atoms with E-state index in [2.05, 4.69) is 24.4 Å². The Labute approximate surface area is 177 Å². The Bertz CT molecular complexity index is 968. The molecule has 0 saturated carbocycles. The van der Waals surface area contributed by atoms with Gasteiger partial charge >= 0.3 is 0 Å². The Kier molecular flexibility index (Phi) is 7.22. The molecule has 30 heavy (non-hydrogen) atoms. The highest BCUT2D eigenvalue weighted by molar-refractivity contribution is 5.96. The van der Waals surface area contributed by atoms with Crippen LogP contribution in [0.1, 0.15) is 28.4 Å². The number of ether oxygens (including phenoxy) is 1. The van der Waals surface area contributed by atoms with Crippen molar-refractivity contribution in [1.82, 2.24) is 10.2 Å². The molecule has 0 heterocycles. The smallest absolute Gasteiger partial charge is 0.251 e. The molecule has 3 rings (SSSR count). The van der Waals surface area contributed by atoms with Gasteiger partial charge in [0, 0.05) is 19.2 Å². The highest BCUT2D eigenvalue weighted by Gasteiger charge is 2.12. The van der Waals surface area contributed by atoms with Gasteiger partial charge in [0.05, 0.1) is 6.54 Å². The third kappa shape index (κ3) is 5.95. The lowest BCUT2D eigenvalue weighted by atomic mass is 10.1. The number of carbonyl (C=O) groups is 2. The average molecular weight is 402 g/mol. The first kappa shape index (κ1) is 21.1. The van der Waals surface area contributed by atoms with Crippen molar-refractivity contribution < 1.29 is 14.3 Å². The van der Waals surface area contributed by atoms with Gasteiger partial charge in [-0.1, -0.05) is 49.4 Å². The van der Waals surface area contributed by atoms with Crippen molar-refractivity contribution in [1.29, 1.82) is 0 Å². The van der Waals surface area contributed by atoms with E-state index in [-0.39, 0.29) is 18.4 Å². The molecule has 3 aromatic carbocycles. The summed E-state index contributed by atoms with van der Waals surface area (Å²) in [6, 6.07) is 24.4. The molecule has 1 N–H and O–H groups in total. The van der Waals surface area contributed by atoms with E-state index in [0.717, 1.165) is 17.7 Å². The number of benzene rings is 3. The van der Waals surface area contributed by atoms with Gasteiger partial charge in [-0.25, -0.2) is 0 Å². The molecule has 5 heteroatoms. The van der Waals surface area contributed by atoms with Crippen LogP contribution < -0.4 is 10.1 Å². The summed E-state index contributed by atoms with van der Waals surface area (Å²) >= 11 is 0. The predicted octanol–water partition coefficient (Wildman–Crippen LogP) is 4.43. The van der Waals surface area contributed by atoms with Crippen LogP contribution in [-0.4, -0.2) is 30.3 Å². The Balaban J connectivity index is 1.48. The maximum Gasteiger partial charge on any atom is 0.251 e. The van der Waals surface area contributed by atoms with Crippen molar-refractivity contribution in [2.45, 2.75) is 19.9 Å². The molecule has 5 nitrogen and oxygen atoms in total. The van der Waals surface area contributed by atoms with Crippen molar-refractivity contribution in [3.05, 3.63) is 95.6 Å². The minimum Gasteiger partial charge on any atom is -0.457 e. The number of hydrogen-bond acceptors (Lipinski definition) is 3. The number of nitrogens with zero attached hydrogens (tertiary/aromatic N) is 1. The molecule has 3 aromatic rings. The van der Waals surface area contributed by atoms with Gasteiger partial charge in [0.25, 0.3) is 5.91 Å². The molecular weight excluding hydrogens is 376 g/mol. The third-order valence-electron chi connectivity index (χ3n) is 4.77. The number of aryl methyl sites for hydroxylation is 1. The molecular formula is C25H26N2O3. The van der Waals surface area contributed by atoms with Crippen molar-refractivity contribution in [3.8, 4) is 11.5 Å². The Morgan fingerprint density at radius 2 is 1.43 bits per heavy atom. The zero-order valence-electron chi connectivity index (χ0n) is 17.3. The lowest BCUT2D eigenvalue weighted by molar-refractivity contribution is -0.129. The molecule has 0 aliphatic carbocycles. The zero-order chi connectivity index (χ0) is 21.3. The zero-order valence-corrected chi connectivity index (χ0v) is 17.3. The molecule has 0 aliphatic heterocycles. The summed E-state index contributed by atoms with van der Waals surface area (Å²) in [6.45, 7) is 2.56. The van der Waals surface area contributed by atoms with E-state index < -0.39 is 0 Å². The topological polar surface area (TPSA) is 58.6 Å². The lowest BCUT2D eigenvalue weighted by Gasteiger charge is -2.18. The fraction of sp³-hybridized carbons (Fsp3) is 0.200. The summed E-state index contributed by atoms with van der Waals surface area (Å²) in [5.41, 5.74) is 2.80. The van der Waals surface area contributed by atoms with Crippen molar-refractivity contribution in [3.63, 3.8) is 0 Å². The second-order valence-electron chi connectivity index (χ2n) is 7.04. The second-order valence-corrected chi connectivity index (χ2v) is 7.04. The van der Waals surface area contributed by atoms with Crippen LogP contribution in [0.15, 0.2) is 78.9 Å². The maximum absolute atomic E-state index is 12.4. The largest absolute Gasteiger partial charge is 0.457 e. The van der Waals surface area contributed by atoms with Crippen molar-refractivity contribution >= 4 is 11.8 Å². The van der Waals surface area contributed by atoms with Gasteiger partial charge in [-0.2, -0.15) is 0 Å². The predicted molar refractivity (Wildman–Crippen MR) is 118 cm³/mol. The fourth-order valence-corrected chi connectivity index (χ4v) is 2.93. The van der Waals surface area contributed by atoms with Crippen LogP contribution in [0.5, 0.6) is 11.5 Å². The Hall–Kier alpha value is -3.60. The van der Waals surface area contributed by atoms with Crippen molar-refractivity contribution in [2.75, 3.05) is 13.6 Å². The van der Waals surface area contributed by atoms with Crippen LogP contribution in [0.25, 0.3) is 0 Å². The molecule has 0 radical (unpaired) electrons. The molecule has 154 valence electrons. The molecule has 0 saturated heterocycles.